The van der Waals surface area contributed by atoms with Gasteiger partial charge in [-0.2, -0.15) is 0 Å². The Morgan fingerprint density at radius 2 is 0.889 bits per heavy atom. The molecular formula is C23H50N8O5. The van der Waals surface area contributed by atoms with Crippen LogP contribution in [0.15, 0.2) is 0 Å². The average Bonchev–Trinajstić information content (AvgIpc) is 3.09. The molecule has 0 N–H and O–H groups in total. The molecule has 2 aliphatic rings. The molecule has 0 unspecified atom stereocenters. The van der Waals surface area contributed by atoms with E-state index in [1.165, 1.54) is 26.5 Å². The van der Waals surface area contributed by atoms with Gasteiger partial charge in [0.05, 0.1) is 0 Å². The van der Waals surface area contributed by atoms with Gasteiger partial charge in [-0.3, -0.25) is 9.59 Å². The van der Waals surface area contributed by atoms with Gasteiger partial charge in [0.15, 0.2) is 0 Å². The Morgan fingerprint density at radius 1 is 0.639 bits per heavy atom. The van der Waals surface area contributed by atoms with Gasteiger partial charge in [0.25, 0.3) is 0 Å². The lowest BCUT2D eigenvalue weighted by Gasteiger charge is -2.30. The predicted octanol–water partition coefficient (Wildman–Crippen LogP) is 0.386. The molecule has 212 valence electrons. The summed E-state index contributed by atoms with van der Waals surface area (Å²) in [5.74, 6) is 0.0926. The molecule has 0 spiro atoms. The number of nitrogens with zero attached hydrogens (tertiary/aromatic N) is 8. The van der Waals surface area contributed by atoms with Gasteiger partial charge >= 0.3 is 18.1 Å². The van der Waals surface area contributed by atoms with E-state index < -0.39 is 0 Å². The van der Waals surface area contributed by atoms with E-state index in [4.69, 9.17) is 0 Å². The van der Waals surface area contributed by atoms with E-state index in [0.717, 1.165) is 39.0 Å². The van der Waals surface area contributed by atoms with Crippen molar-refractivity contribution >= 4 is 30.4 Å². The van der Waals surface area contributed by atoms with E-state index in [0.29, 0.717) is 0 Å². The van der Waals surface area contributed by atoms with Gasteiger partial charge in [-0.05, 0) is 6.42 Å². The molecule has 0 atom stereocenters. The number of amides is 8. The van der Waals surface area contributed by atoms with Crippen molar-refractivity contribution in [1.82, 2.24) is 39.2 Å². The zero-order chi connectivity index (χ0) is 29.2. The summed E-state index contributed by atoms with van der Waals surface area (Å²) in [5.41, 5.74) is 0. The van der Waals surface area contributed by atoms with E-state index in [-0.39, 0.29) is 24.0 Å². The van der Waals surface area contributed by atoms with Crippen molar-refractivity contribution in [2.24, 2.45) is 0 Å². The third kappa shape index (κ3) is 19.1. The van der Waals surface area contributed by atoms with Crippen LogP contribution in [0.3, 0.4) is 0 Å². The third-order valence-electron chi connectivity index (χ3n) is 4.67. The molecule has 0 aromatic heterocycles. The summed E-state index contributed by atoms with van der Waals surface area (Å²) in [6.07, 6.45) is 1.85. The Kier molecular flexibility index (Phi) is 20.7. The van der Waals surface area contributed by atoms with Gasteiger partial charge < -0.3 is 39.2 Å². The normalized spacial score (nSPS) is 13.9. The lowest BCUT2D eigenvalue weighted by molar-refractivity contribution is -0.126. The first kappa shape index (κ1) is 37.3. The molecule has 0 aliphatic carbocycles. The lowest BCUT2D eigenvalue weighted by Crippen LogP contribution is -2.44. The van der Waals surface area contributed by atoms with Crippen LogP contribution in [0.25, 0.3) is 0 Å². The summed E-state index contributed by atoms with van der Waals surface area (Å²) in [6.45, 7) is 5.08. The first-order chi connectivity index (χ1) is 16.4. The zero-order valence-corrected chi connectivity index (χ0v) is 24.7. The Bertz CT molecular complexity index is 635. The van der Waals surface area contributed by atoms with Crippen LogP contribution in [0.1, 0.15) is 13.3 Å². The Labute approximate surface area is 218 Å². The maximum Gasteiger partial charge on any atom is 0.319 e. The second-order valence-electron chi connectivity index (χ2n) is 9.16. The fourth-order valence-corrected chi connectivity index (χ4v) is 2.21. The largest absolute Gasteiger partial charge is 0.351 e. The second-order valence-corrected chi connectivity index (χ2v) is 9.16. The smallest absolute Gasteiger partial charge is 0.319 e. The highest BCUT2D eigenvalue weighted by Crippen LogP contribution is 2.02. The minimum Gasteiger partial charge on any atom is -0.351 e. The molecule has 2 fully saturated rings. The summed E-state index contributed by atoms with van der Waals surface area (Å²) < 4.78 is 0. The topological polar surface area (TPSA) is 111 Å². The number of hydrogen-bond acceptors (Lipinski definition) is 5. The number of urea groups is 3. The molecule has 0 bridgehead atoms. The van der Waals surface area contributed by atoms with Crippen molar-refractivity contribution in [1.29, 1.82) is 0 Å². The van der Waals surface area contributed by atoms with Crippen LogP contribution in [0.4, 0.5) is 14.4 Å². The highest BCUT2D eigenvalue weighted by Gasteiger charge is 2.20. The summed E-state index contributed by atoms with van der Waals surface area (Å²) in [4.78, 5) is 64.9. The van der Waals surface area contributed by atoms with Gasteiger partial charge in [0.1, 0.15) is 0 Å². The van der Waals surface area contributed by atoms with Crippen LogP contribution in [0.2, 0.25) is 0 Å². The molecule has 2 aliphatic heterocycles. The molecule has 2 heterocycles. The lowest BCUT2D eigenvalue weighted by atomic mass is 10.3. The first-order valence-electron chi connectivity index (χ1n) is 11.5. The van der Waals surface area contributed by atoms with Gasteiger partial charge in [-0.25, -0.2) is 14.4 Å². The van der Waals surface area contributed by atoms with E-state index in [9.17, 15) is 24.0 Å². The predicted molar refractivity (Wildman–Crippen MR) is 143 cm³/mol. The molecule has 13 nitrogen and oxygen atoms in total. The Balaban J connectivity index is -0.000000384. The molecule has 2 rings (SSSR count). The number of carbonyl (C=O) groups is 5. The Hall–Kier alpha value is -3.25. The summed E-state index contributed by atoms with van der Waals surface area (Å²) in [5, 5.41) is 0. The van der Waals surface area contributed by atoms with Gasteiger partial charge in [0, 0.05) is 118 Å². The highest BCUT2D eigenvalue weighted by molar-refractivity contribution is 5.75. The van der Waals surface area contributed by atoms with Crippen LogP contribution in [-0.2, 0) is 9.59 Å². The molecular weight excluding hydrogens is 468 g/mol. The van der Waals surface area contributed by atoms with Crippen molar-refractivity contribution in [2.75, 3.05) is 111 Å². The highest BCUT2D eigenvalue weighted by atomic mass is 16.2. The third-order valence-corrected chi connectivity index (χ3v) is 4.67. The van der Waals surface area contributed by atoms with E-state index in [1.807, 2.05) is 28.2 Å². The fourth-order valence-electron chi connectivity index (χ4n) is 2.21. The van der Waals surface area contributed by atoms with Crippen LogP contribution < -0.4 is 0 Å². The van der Waals surface area contributed by atoms with Gasteiger partial charge in [-0.15, -0.1) is 0 Å². The van der Waals surface area contributed by atoms with Crippen molar-refractivity contribution < 1.29 is 24.0 Å². The van der Waals surface area contributed by atoms with Crippen molar-refractivity contribution in [3.05, 3.63) is 0 Å². The van der Waals surface area contributed by atoms with Crippen molar-refractivity contribution in [2.45, 2.75) is 13.3 Å². The molecule has 36 heavy (non-hydrogen) atoms. The monoisotopic (exact) mass is 518 g/mol. The number of likely N-dealkylation sites (N-methyl/N-ethyl adjacent to an activating group) is 2. The van der Waals surface area contributed by atoms with Crippen LogP contribution >= 0.6 is 0 Å². The molecule has 0 aromatic rings. The van der Waals surface area contributed by atoms with E-state index >= 15 is 0 Å². The molecule has 13 heteroatoms. The van der Waals surface area contributed by atoms with E-state index in [2.05, 4.69) is 0 Å². The number of rotatable bonds is 1. The fraction of sp³-hybridized carbons (Fsp3) is 0.783. The van der Waals surface area contributed by atoms with Gasteiger partial charge in [0.2, 0.25) is 12.3 Å². The Morgan fingerprint density at radius 3 is 1.00 bits per heavy atom. The van der Waals surface area contributed by atoms with E-state index in [1.54, 1.807) is 76.0 Å². The van der Waals surface area contributed by atoms with Crippen LogP contribution in [0.5, 0.6) is 0 Å². The summed E-state index contributed by atoms with van der Waals surface area (Å²) in [7, 11) is 21.0. The minimum absolute atomic E-state index is 0.0185. The minimum atomic E-state index is 0.0185. The van der Waals surface area contributed by atoms with Crippen LogP contribution in [-0.4, -0.2) is 180 Å². The van der Waals surface area contributed by atoms with Crippen molar-refractivity contribution in [3.63, 3.8) is 0 Å². The molecule has 0 radical (unpaired) electrons. The average molecular weight is 519 g/mol. The molecule has 2 saturated heterocycles. The number of carbonyl (C=O) groups excluding carboxylic acids is 5. The first-order valence-corrected chi connectivity index (χ1v) is 11.5. The number of hydrogen-bond donors (Lipinski definition) is 0. The van der Waals surface area contributed by atoms with Gasteiger partial charge in [-0.1, -0.05) is 0 Å². The maximum absolute atomic E-state index is 11.0. The standard InChI is InChI=1S/C6H12N2O.C5H10N2O.C5H12N2O.C4H9NO.C3H7NO/c1-7-4-3-5-8(2)6(7)9;1-6-3-4-7(2)5(6)8;1-6(2)5(8)7(3)4;1-4(6)5(2)3;1-4(2)3-5/h3-5H2,1-2H3;3-4H2,1-2H3;1-4H3;1-3H3;3H,1-2H3. The molecule has 0 aromatic carbocycles. The summed E-state index contributed by atoms with van der Waals surface area (Å²) in [6, 6.07) is 0.288. The SMILES string of the molecule is CC(=O)N(C)C.CN(C)C(=O)N(C)C.CN(C)C=O.CN1CCCN(C)C1=O.CN1CCN(C)C1=O. The quantitative estimate of drug-likeness (QED) is 0.466. The zero-order valence-electron chi connectivity index (χ0n) is 24.7. The maximum atomic E-state index is 11.0. The molecule has 0 saturated carbocycles. The van der Waals surface area contributed by atoms with Crippen molar-refractivity contribution in [3.8, 4) is 0 Å². The summed E-state index contributed by atoms with van der Waals surface area (Å²) >= 11 is 0. The van der Waals surface area contributed by atoms with Crippen LogP contribution in [0, 0.1) is 0 Å². The molecule has 8 amide bonds. The second kappa shape index (κ2) is 20.0.